The fourth-order valence-corrected chi connectivity index (χ4v) is 3.57. The van der Waals surface area contributed by atoms with Gasteiger partial charge in [-0.05, 0) is 29.7 Å². The van der Waals surface area contributed by atoms with Crippen LogP contribution in [0.1, 0.15) is 28.8 Å². The highest BCUT2D eigenvalue weighted by Crippen LogP contribution is 2.38. The van der Waals surface area contributed by atoms with Gasteiger partial charge in [-0.1, -0.05) is 48.0 Å². The first kappa shape index (κ1) is 17.0. The second kappa shape index (κ2) is 7.42. The minimum absolute atomic E-state index is 0.0362. The molecule has 0 radical (unpaired) electrons. The van der Waals surface area contributed by atoms with E-state index < -0.39 is 0 Å². The number of carbonyl (C=O) groups is 1. The molecule has 2 aromatic rings. The lowest BCUT2D eigenvalue weighted by Gasteiger charge is -2.27. The number of hydrogen-bond donors (Lipinski definition) is 0. The van der Waals surface area contributed by atoms with Gasteiger partial charge in [0.05, 0.1) is 18.2 Å². The van der Waals surface area contributed by atoms with Gasteiger partial charge >= 0.3 is 0 Å². The Balaban J connectivity index is 1.53. The standard InChI is InChI=1S/C21H20ClNO3/c22-18-13-17(14-19-20(18)26-12-4-11-25-19)21(24)23-9-7-16(8-10-23)15-5-2-1-3-6-15/h1-3,5-7,13-14H,4,8-12H2. The van der Waals surface area contributed by atoms with Gasteiger partial charge in [-0.2, -0.15) is 0 Å². The molecule has 1 amide bonds. The normalized spacial score (nSPS) is 16.7. The molecule has 4 nitrogen and oxygen atoms in total. The number of nitrogens with zero attached hydrogens (tertiary/aromatic N) is 1. The second-order valence-electron chi connectivity index (χ2n) is 6.43. The van der Waals surface area contributed by atoms with Crippen LogP contribution in [0.4, 0.5) is 0 Å². The van der Waals surface area contributed by atoms with Crippen molar-refractivity contribution in [3.8, 4) is 11.5 Å². The smallest absolute Gasteiger partial charge is 0.254 e. The molecule has 2 aliphatic rings. The molecule has 134 valence electrons. The number of ether oxygens (including phenoxy) is 2. The predicted octanol–water partition coefficient (Wildman–Crippen LogP) is 4.43. The van der Waals surface area contributed by atoms with Gasteiger partial charge in [-0.15, -0.1) is 0 Å². The third kappa shape index (κ3) is 3.42. The lowest BCUT2D eigenvalue weighted by molar-refractivity contribution is 0.0772. The summed E-state index contributed by atoms with van der Waals surface area (Å²) in [7, 11) is 0. The van der Waals surface area contributed by atoms with E-state index in [1.54, 1.807) is 12.1 Å². The molecule has 2 aliphatic heterocycles. The lowest BCUT2D eigenvalue weighted by atomic mass is 9.99. The maximum absolute atomic E-state index is 12.9. The maximum atomic E-state index is 12.9. The molecule has 0 N–H and O–H groups in total. The third-order valence-corrected chi connectivity index (χ3v) is 4.97. The van der Waals surface area contributed by atoms with Crippen molar-refractivity contribution in [3.63, 3.8) is 0 Å². The molecule has 2 aromatic carbocycles. The summed E-state index contributed by atoms with van der Waals surface area (Å²) in [4.78, 5) is 14.7. The Bertz CT molecular complexity index is 848. The minimum Gasteiger partial charge on any atom is -0.489 e. The van der Waals surface area contributed by atoms with Crippen LogP contribution < -0.4 is 9.47 Å². The van der Waals surface area contributed by atoms with Gasteiger partial charge < -0.3 is 14.4 Å². The molecule has 0 fully saturated rings. The first-order chi connectivity index (χ1) is 12.7. The molecule has 0 spiro atoms. The monoisotopic (exact) mass is 369 g/mol. The van der Waals surface area contributed by atoms with Crippen molar-refractivity contribution < 1.29 is 14.3 Å². The first-order valence-corrected chi connectivity index (χ1v) is 9.23. The summed E-state index contributed by atoms with van der Waals surface area (Å²) in [5.74, 6) is 1.05. The van der Waals surface area contributed by atoms with Crippen molar-refractivity contribution in [2.24, 2.45) is 0 Å². The fourth-order valence-electron chi connectivity index (χ4n) is 3.30. The number of halogens is 1. The van der Waals surface area contributed by atoms with E-state index >= 15 is 0 Å². The number of hydrogen-bond acceptors (Lipinski definition) is 3. The Hall–Kier alpha value is -2.46. The summed E-state index contributed by atoms with van der Waals surface area (Å²) in [6, 6.07) is 13.7. The van der Waals surface area contributed by atoms with Crippen LogP contribution in [-0.4, -0.2) is 37.1 Å². The predicted molar refractivity (Wildman–Crippen MR) is 102 cm³/mol. The average Bonchev–Trinajstić information content (AvgIpc) is 2.94. The Morgan fingerprint density at radius 1 is 1.08 bits per heavy atom. The zero-order valence-corrected chi connectivity index (χ0v) is 15.2. The molecule has 5 heteroatoms. The largest absolute Gasteiger partial charge is 0.489 e. The van der Waals surface area contributed by atoms with E-state index in [2.05, 4.69) is 18.2 Å². The Morgan fingerprint density at radius 3 is 2.65 bits per heavy atom. The van der Waals surface area contributed by atoms with Gasteiger partial charge in [-0.3, -0.25) is 4.79 Å². The Labute approximate surface area is 158 Å². The topological polar surface area (TPSA) is 38.8 Å². The highest BCUT2D eigenvalue weighted by atomic mass is 35.5. The highest BCUT2D eigenvalue weighted by Gasteiger charge is 2.23. The van der Waals surface area contributed by atoms with Gasteiger partial charge in [0.25, 0.3) is 5.91 Å². The molecule has 0 saturated heterocycles. The lowest BCUT2D eigenvalue weighted by Crippen LogP contribution is -2.34. The summed E-state index contributed by atoms with van der Waals surface area (Å²) < 4.78 is 11.3. The average molecular weight is 370 g/mol. The Morgan fingerprint density at radius 2 is 1.88 bits per heavy atom. The molecule has 4 rings (SSSR count). The van der Waals surface area contributed by atoms with Gasteiger partial charge in [0.1, 0.15) is 0 Å². The molecule has 0 aromatic heterocycles. The van der Waals surface area contributed by atoms with Crippen molar-refractivity contribution in [2.45, 2.75) is 12.8 Å². The second-order valence-corrected chi connectivity index (χ2v) is 6.84. The minimum atomic E-state index is -0.0362. The molecule has 0 saturated carbocycles. The van der Waals surface area contributed by atoms with Gasteiger partial charge in [-0.25, -0.2) is 0 Å². The van der Waals surface area contributed by atoms with E-state index in [-0.39, 0.29) is 5.91 Å². The summed E-state index contributed by atoms with van der Waals surface area (Å²) >= 11 is 6.32. The third-order valence-electron chi connectivity index (χ3n) is 4.69. The molecular weight excluding hydrogens is 350 g/mol. The summed E-state index contributed by atoms with van der Waals surface area (Å²) in [5, 5.41) is 0.422. The molecule has 0 unspecified atom stereocenters. The van der Waals surface area contributed by atoms with Crippen LogP contribution >= 0.6 is 11.6 Å². The van der Waals surface area contributed by atoms with E-state index in [0.717, 1.165) is 12.8 Å². The molecule has 0 atom stereocenters. The van der Waals surface area contributed by atoms with E-state index in [1.165, 1.54) is 11.1 Å². The molecule has 0 bridgehead atoms. The zero-order chi connectivity index (χ0) is 17.9. The first-order valence-electron chi connectivity index (χ1n) is 8.85. The molecule has 2 heterocycles. The van der Waals surface area contributed by atoms with Crippen molar-refractivity contribution in [2.75, 3.05) is 26.3 Å². The number of fused-ring (bicyclic) bond motifs is 1. The van der Waals surface area contributed by atoms with Crippen LogP contribution in [0.5, 0.6) is 11.5 Å². The van der Waals surface area contributed by atoms with Crippen LogP contribution in [-0.2, 0) is 0 Å². The molecular formula is C21H20ClNO3. The van der Waals surface area contributed by atoms with E-state index in [0.29, 0.717) is 48.4 Å². The molecule has 26 heavy (non-hydrogen) atoms. The molecule has 0 aliphatic carbocycles. The van der Waals surface area contributed by atoms with E-state index in [1.807, 2.05) is 23.1 Å². The van der Waals surface area contributed by atoms with Crippen molar-refractivity contribution in [3.05, 3.63) is 64.7 Å². The van der Waals surface area contributed by atoms with Crippen LogP contribution in [0.15, 0.2) is 48.5 Å². The van der Waals surface area contributed by atoms with E-state index in [9.17, 15) is 4.79 Å². The summed E-state index contributed by atoms with van der Waals surface area (Å²) in [6.45, 7) is 2.41. The quantitative estimate of drug-likeness (QED) is 0.786. The number of rotatable bonds is 2. The van der Waals surface area contributed by atoms with Crippen LogP contribution in [0.25, 0.3) is 5.57 Å². The van der Waals surface area contributed by atoms with Gasteiger partial charge in [0.2, 0.25) is 0 Å². The van der Waals surface area contributed by atoms with Gasteiger partial charge in [0, 0.05) is 25.1 Å². The number of carbonyl (C=O) groups excluding carboxylic acids is 1. The van der Waals surface area contributed by atoms with Gasteiger partial charge in [0.15, 0.2) is 11.5 Å². The summed E-state index contributed by atoms with van der Waals surface area (Å²) in [6.07, 6.45) is 3.77. The maximum Gasteiger partial charge on any atom is 0.254 e. The summed E-state index contributed by atoms with van der Waals surface area (Å²) in [5.41, 5.74) is 3.04. The zero-order valence-electron chi connectivity index (χ0n) is 14.4. The van der Waals surface area contributed by atoms with Crippen LogP contribution in [0.2, 0.25) is 5.02 Å². The highest BCUT2D eigenvalue weighted by molar-refractivity contribution is 6.32. The fraction of sp³-hybridized carbons (Fsp3) is 0.286. The van der Waals surface area contributed by atoms with Crippen molar-refractivity contribution in [1.82, 2.24) is 4.90 Å². The van der Waals surface area contributed by atoms with Crippen molar-refractivity contribution >= 4 is 23.1 Å². The number of benzene rings is 2. The van der Waals surface area contributed by atoms with Crippen molar-refractivity contribution in [1.29, 1.82) is 0 Å². The SMILES string of the molecule is O=C(c1cc(Cl)c2c(c1)OCCCO2)N1CC=C(c2ccccc2)CC1. The van der Waals surface area contributed by atoms with Crippen LogP contribution in [0, 0.1) is 0 Å². The number of amides is 1. The van der Waals surface area contributed by atoms with Crippen LogP contribution in [0.3, 0.4) is 0 Å². The van der Waals surface area contributed by atoms with E-state index in [4.69, 9.17) is 21.1 Å². The Kier molecular flexibility index (Phi) is 4.85.